The topological polar surface area (TPSA) is 58.1 Å². The third-order valence-corrected chi connectivity index (χ3v) is 5.38. The van der Waals surface area contributed by atoms with E-state index >= 15 is 0 Å². The summed E-state index contributed by atoms with van der Waals surface area (Å²) >= 11 is 0. The number of methoxy groups -OCH3 is 1. The minimum atomic E-state index is 0.553. The molecule has 2 saturated carbocycles. The molecule has 2 aliphatic rings. The highest BCUT2D eigenvalue weighted by Gasteiger charge is 2.33. The Bertz CT molecular complexity index is 641. The molecule has 156 valence electrons. The predicted octanol–water partition coefficient (Wildman–Crippen LogP) is 2.56. The van der Waals surface area contributed by atoms with Gasteiger partial charge >= 0.3 is 0 Å². The fourth-order valence-electron chi connectivity index (χ4n) is 3.39. The van der Waals surface area contributed by atoms with Crippen molar-refractivity contribution in [2.75, 3.05) is 47.0 Å². The average Bonchev–Trinajstić information content (AvgIpc) is 3.59. The van der Waals surface area contributed by atoms with Crippen molar-refractivity contribution in [1.82, 2.24) is 15.5 Å². The summed E-state index contributed by atoms with van der Waals surface area (Å²) in [5, 5.41) is 6.88. The number of guanidine groups is 1. The van der Waals surface area contributed by atoms with E-state index in [2.05, 4.69) is 45.6 Å². The lowest BCUT2D eigenvalue weighted by molar-refractivity contribution is 0.145. The summed E-state index contributed by atoms with van der Waals surface area (Å²) in [6, 6.07) is 7.13. The molecule has 0 amide bonds. The second-order valence-electron chi connectivity index (χ2n) is 7.97. The van der Waals surface area contributed by atoms with Crippen molar-refractivity contribution < 1.29 is 9.47 Å². The summed E-state index contributed by atoms with van der Waals surface area (Å²) in [5.41, 5.74) is 2.31. The van der Waals surface area contributed by atoms with Gasteiger partial charge in [0.2, 0.25) is 0 Å². The molecule has 0 unspecified atom stereocenters. The molecule has 1 aromatic carbocycles. The van der Waals surface area contributed by atoms with Crippen molar-refractivity contribution in [3.05, 3.63) is 29.3 Å². The van der Waals surface area contributed by atoms with Gasteiger partial charge in [0.25, 0.3) is 0 Å². The minimum Gasteiger partial charge on any atom is -0.491 e. The SMILES string of the molecule is CN=C(NCCN(CC1CC1)C1CC1)NCc1ccc(C)cc1OCCOC. The number of ether oxygens (including phenoxy) is 2. The van der Waals surface area contributed by atoms with Crippen LogP contribution in [0.25, 0.3) is 0 Å². The van der Waals surface area contributed by atoms with Crippen LogP contribution in [-0.4, -0.2) is 63.9 Å². The van der Waals surface area contributed by atoms with Gasteiger partial charge in [-0.1, -0.05) is 12.1 Å². The van der Waals surface area contributed by atoms with Crippen LogP contribution in [0.3, 0.4) is 0 Å². The average molecular weight is 389 g/mol. The monoisotopic (exact) mass is 388 g/mol. The number of aryl methyl sites for hydroxylation is 1. The number of nitrogens with one attached hydrogen (secondary N) is 2. The van der Waals surface area contributed by atoms with E-state index in [4.69, 9.17) is 9.47 Å². The first-order valence-electron chi connectivity index (χ1n) is 10.6. The van der Waals surface area contributed by atoms with E-state index in [0.717, 1.165) is 42.3 Å². The molecule has 1 aromatic rings. The molecule has 0 heterocycles. The Morgan fingerprint density at radius 1 is 1.18 bits per heavy atom. The van der Waals surface area contributed by atoms with E-state index in [9.17, 15) is 0 Å². The van der Waals surface area contributed by atoms with Crippen LogP contribution in [0.15, 0.2) is 23.2 Å². The number of aliphatic imine (C=N–C) groups is 1. The van der Waals surface area contributed by atoms with E-state index in [1.807, 2.05) is 7.05 Å². The first-order chi connectivity index (χ1) is 13.7. The van der Waals surface area contributed by atoms with Crippen LogP contribution in [0.5, 0.6) is 5.75 Å². The summed E-state index contributed by atoms with van der Waals surface area (Å²) in [4.78, 5) is 7.04. The lowest BCUT2D eigenvalue weighted by Gasteiger charge is -2.22. The van der Waals surface area contributed by atoms with E-state index in [1.54, 1.807) is 7.11 Å². The van der Waals surface area contributed by atoms with Gasteiger partial charge < -0.3 is 20.1 Å². The molecule has 2 fully saturated rings. The van der Waals surface area contributed by atoms with Crippen LogP contribution in [0.4, 0.5) is 0 Å². The van der Waals surface area contributed by atoms with Crippen molar-refractivity contribution in [2.45, 2.75) is 45.2 Å². The Morgan fingerprint density at radius 2 is 2.00 bits per heavy atom. The fraction of sp³-hybridized carbons (Fsp3) is 0.682. The molecule has 0 atom stereocenters. The Hall–Kier alpha value is -1.79. The number of hydrogen-bond acceptors (Lipinski definition) is 4. The number of hydrogen-bond donors (Lipinski definition) is 2. The highest BCUT2D eigenvalue weighted by molar-refractivity contribution is 5.79. The fourth-order valence-corrected chi connectivity index (χ4v) is 3.39. The number of rotatable bonds is 12. The second kappa shape index (κ2) is 10.7. The lowest BCUT2D eigenvalue weighted by atomic mass is 10.1. The third kappa shape index (κ3) is 6.99. The maximum Gasteiger partial charge on any atom is 0.191 e. The van der Waals surface area contributed by atoms with Crippen molar-refractivity contribution in [3.8, 4) is 5.75 Å². The van der Waals surface area contributed by atoms with Gasteiger partial charge in [-0.25, -0.2) is 0 Å². The highest BCUT2D eigenvalue weighted by atomic mass is 16.5. The Balaban J connectivity index is 1.44. The van der Waals surface area contributed by atoms with Crippen LogP contribution in [0, 0.1) is 12.8 Å². The molecule has 0 aliphatic heterocycles. The summed E-state index contributed by atoms with van der Waals surface area (Å²) in [5.74, 6) is 2.70. The molecule has 0 aromatic heterocycles. The van der Waals surface area contributed by atoms with Crippen molar-refractivity contribution in [1.29, 1.82) is 0 Å². The minimum absolute atomic E-state index is 0.553. The van der Waals surface area contributed by atoms with Gasteiger partial charge in [0, 0.05) is 51.9 Å². The number of benzene rings is 1. The molecular formula is C22H36N4O2. The highest BCUT2D eigenvalue weighted by Crippen LogP contribution is 2.34. The quantitative estimate of drug-likeness (QED) is 0.327. The Kier molecular flexibility index (Phi) is 7.98. The maximum absolute atomic E-state index is 5.88. The second-order valence-corrected chi connectivity index (χ2v) is 7.97. The van der Waals surface area contributed by atoms with Crippen molar-refractivity contribution >= 4 is 5.96 Å². The molecule has 3 rings (SSSR count). The van der Waals surface area contributed by atoms with Gasteiger partial charge in [-0.15, -0.1) is 0 Å². The molecule has 0 spiro atoms. The van der Waals surface area contributed by atoms with Gasteiger partial charge in [-0.3, -0.25) is 9.89 Å². The van der Waals surface area contributed by atoms with Crippen LogP contribution in [0.1, 0.15) is 36.8 Å². The molecule has 2 N–H and O–H groups in total. The van der Waals surface area contributed by atoms with E-state index in [0.29, 0.717) is 19.8 Å². The summed E-state index contributed by atoms with van der Waals surface area (Å²) in [7, 11) is 3.51. The summed E-state index contributed by atoms with van der Waals surface area (Å²) < 4.78 is 11.0. The van der Waals surface area contributed by atoms with Gasteiger partial charge in [0.15, 0.2) is 5.96 Å². The van der Waals surface area contributed by atoms with Crippen LogP contribution >= 0.6 is 0 Å². The Morgan fingerprint density at radius 3 is 2.68 bits per heavy atom. The molecule has 0 saturated heterocycles. The largest absolute Gasteiger partial charge is 0.491 e. The van der Waals surface area contributed by atoms with E-state index < -0.39 is 0 Å². The first-order valence-corrected chi connectivity index (χ1v) is 10.6. The van der Waals surface area contributed by atoms with Crippen LogP contribution in [-0.2, 0) is 11.3 Å². The van der Waals surface area contributed by atoms with Crippen molar-refractivity contribution in [2.24, 2.45) is 10.9 Å². The molecule has 0 bridgehead atoms. The molecule has 6 heteroatoms. The normalized spacial score (nSPS) is 17.1. The molecule has 6 nitrogen and oxygen atoms in total. The maximum atomic E-state index is 5.88. The zero-order valence-corrected chi connectivity index (χ0v) is 17.7. The zero-order valence-electron chi connectivity index (χ0n) is 17.7. The summed E-state index contributed by atoms with van der Waals surface area (Å²) in [6.07, 6.45) is 5.59. The molecular weight excluding hydrogens is 352 g/mol. The smallest absolute Gasteiger partial charge is 0.191 e. The van der Waals surface area contributed by atoms with Gasteiger partial charge in [-0.05, 0) is 50.2 Å². The number of nitrogens with zero attached hydrogens (tertiary/aromatic N) is 2. The van der Waals surface area contributed by atoms with Crippen LogP contribution < -0.4 is 15.4 Å². The molecule has 28 heavy (non-hydrogen) atoms. The van der Waals surface area contributed by atoms with Gasteiger partial charge in [0.05, 0.1) is 6.61 Å². The lowest BCUT2D eigenvalue weighted by Crippen LogP contribution is -2.42. The molecule has 2 aliphatic carbocycles. The third-order valence-electron chi connectivity index (χ3n) is 5.38. The zero-order chi connectivity index (χ0) is 19.8. The van der Waals surface area contributed by atoms with Gasteiger partial charge in [0.1, 0.15) is 12.4 Å². The van der Waals surface area contributed by atoms with Gasteiger partial charge in [-0.2, -0.15) is 0 Å². The van der Waals surface area contributed by atoms with E-state index in [-0.39, 0.29) is 0 Å². The summed E-state index contributed by atoms with van der Waals surface area (Å²) in [6.45, 7) is 7.20. The van der Waals surface area contributed by atoms with E-state index in [1.165, 1.54) is 37.8 Å². The molecule has 0 radical (unpaired) electrons. The van der Waals surface area contributed by atoms with Crippen LogP contribution in [0.2, 0.25) is 0 Å². The first kappa shape index (κ1) is 20.9. The van der Waals surface area contributed by atoms with Crippen molar-refractivity contribution in [3.63, 3.8) is 0 Å². The predicted molar refractivity (Wildman–Crippen MR) is 114 cm³/mol. The standard InChI is InChI=1S/C22H36N4O2/c1-17-4-7-19(21(14-17)28-13-12-27-3)15-25-22(23-2)24-10-11-26(20-8-9-20)16-18-5-6-18/h4,7,14,18,20H,5-6,8-13,15-16H2,1-3H3,(H2,23,24,25). The Labute approximate surface area is 169 Å².